The first kappa shape index (κ1) is 24.8. The van der Waals surface area contributed by atoms with E-state index in [0.717, 1.165) is 45.0 Å². The molecule has 6 aromatic rings. The summed E-state index contributed by atoms with van der Waals surface area (Å²) in [5, 5.41) is 1.37. The van der Waals surface area contributed by atoms with Crippen LogP contribution in [0.2, 0.25) is 0 Å². The molecule has 3 heterocycles. The summed E-state index contributed by atoms with van der Waals surface area (Å²) in [5.41, 5.74) is 12.5. The van der Waals surface area contributed by atoms with Gasteiger partial charge in [-0.1, -0.05) is 97.5 Å². The predicted octanol–water partition coefficient (Wildman–Crippen LogP) is 6.25. The van der Waals surface area contributed by atoms with Crippen molar-refractivity contribution in [2.45, 2.75) is 19.0 Å². The summed E-state index contributed by atoms with van der Waals surface area (Å²) in [5.74, 6) is 1.95. The number of benzene rings is 3. The van der Waals surface area contributed by atoms with E-state index < -0.39 is 0 Å². The predicted molar refractivity (Wildman–Crippen MR) is 160 cm³/mol. The van der Waals surface area contributed by atoms with E-state index in [2.05, 4.69) is 40.7 Å². The van der Waals surface area contributed by atoms with Crippen LogP contribution in [-0.2, 0) is 7.05 Å². The van der Waals surface area contributed by atoms with Crippen molar-refractivity contribution < 1.29 is 0 Å². The molecule has 0 radical (unpaired) electrons. The number of hydrogen-bond acceptors (Lipinski definition) is 5. The lowest BCUT2D eigenvalue weighted by atomic mass is 9.99. The molecule has 0 aliphatic carbocycles. The lowest BCUT2D eigenvalue weighted by Gasteiger charge is -2.16. The Bertz CT molecular complexity index is 1850. The molecule has 0 unspecified atom stereocenters. The van der Waals surface area contributed by atoms with Gasteiger partial charge in [-0.05, 0) is 35.9 Å². The van der Waals surface area contributed by atoms with Crippen LogP contribution in [0.4, 0.5) is 5.82 Å². The highest BCUT2D eigenvalue weighted by Crippen LogP contribution is 2.44. The quantitative estimate of drug-likeness (QED) is 0.203. The van der Waals surface area contributed by atoms with Crippen molar-refractivity contribution in [2.24, 2.45) is 7.05 Å². The smallest absolute Gasteiger partial charge is 0.276 e. The van der Waals surface area contributed by atoms with Gasteiger partial charge in [0.25, 0.3) is 5.56 Å². The fraction of sp³-hybridized carbons (Fsp3) is 0.129. The van der Waals surface area contributed by atoms with Gasteiger partial charge in [0.15, 0.2) is 10.8 Å². The van der Waals surface area contributed by atoms with Gasteiger partial charge >= 0.3 is 0 Å². The van der Waals surface area contributed by atoms with Crippen molar-refractivity contribution in [1.82, 2.24) is 23.9 Å². The van der Waals surface area contributed by atoms with Crippen LogP contribution in [0.15, 0.2) is 101 Å². The van der Waals surface area contributed by atoms with Crippen LogP contribution >= 0.6 is 11.8 Å². The topological polar surface area (TPSA) is 83.7 Å². The molecule has 0 aliphatic heterocycles. The molecule has 0 saturated heterocycles. The molecule has 0 atom stereocenters. The maximum absolute atomic E-state index is 13.7. The molecule has 7 nitrogen and oxygen atoms in total. The SMILES string of the molecule is CCSc1nc(N)c2c(-c3ccccc3)c(-c3ccccc3)n(-c3c(C)c(=O)n(-c4ccccc4)n3C)c2n1. The van der Waals surface area contributed by atoms with Crippen molar-refractivity contribution in [3.05, 3.63) is 107 Å². The van der Waals surface area contributed by atoms with Gasteiger partial charge in [-0.15, -0.1) is 0 Å². The molecule has 0 aliphatic rings. The number of hydrogen-bond donors (Lipinski definition) is 1. The van der Waals surface area contributed by atoms with Gasteiger partial charge in [0.2, 0.25) is 0 Å². The largest absolute Gasteiger partial charge is 0.383 e. The third kappa shape index (κ3) is 4.04. The van der Waals surface area contributed by atoms with Crippen LogP contribution in [-0.4, -0.2) is 29.7 Å². The minimum Gasteiger partial charge on any atom is -0.383 e. The van der Waals surface area contributed by atoms with E-state index in [1.54, 1.807) is 4.68 Å². The minimum absolute atomic E-state index is 0.0917. The van der Waals surface area contributed by atoms with Crippen LogP contribution in [0.5, 0.6) is 0 Å². The number of aromatic nitrogens is 5. The molecule has 0 fully saturated rings. The van der Waals surface area contributed by atoms with Crippen molar-refractivity contribution in [3.8, 4) is 33.9 Å². The number of thioether (sulfide) groups is 1. The molecule has 6 rings (SSSR count). The van der Waals surface area contributed by atoms with Crippen molar-refractivity contribution in [1.29, 1.82) is 0 Å². The molecular weight excluding hydrogens is 504 g/mol. The zero-order chi connectivity index (χ0) is 27.1. The molecule has 0 bridgehead atoms. The van der Waals surface area contributed by atoms with Crippen molar-refractivity contribution in [3.63, 3.8) is 0 Å². The Balaban J connectivity index is 1.83. The summed E-state index contributed by atoms with van der Waals surface area (Å²) < 4.78 is 5.68. The average Bonchev–Trinajstić information content (AvgIpc) is 3.40. The normalized spacial score (nSPS) is 11.4. The number of para-hydroxylation sites is 1. The number of fused-ring (bicyclic) bond motifs is 1. The molecular formula is C31H28N6OS. The summed E-state index contributed by atoms with van der Waals surface area (Å²) in [4.78, 5) is 23.5. The summed E-state index contributed by atoms with van der Waals surface area (Å²) >= 11 is 1.54. The molecule has 0 spiro atoms. The van der Waals surface area contributed by atoms with E-state index in [-0.39, 0.29) is 5.56 Å². The van der Waals surface area contributed by atoms with E-state index >= 15 is 0 Å². The van der Waals surface area contributed by atoms with E-state index in [9.17, 15) is 4.79 Å². The molecule has 3 aromatic carbocycles. The first-order valence-electron chi connectivity index (χ1n) is 12.8. The average molecular weight is 533 g/mol. The monoisotopic (exact) mass is 532 g/mol. The molecule has 0 amide bonds. The van der Waals surface area contributed by atoms with Gasteiger partial charge in [0, 0.05) is 12.6 Å². The lowest BCUT2D eigenvalue weighted by molar-refractivity contribution is 0.631. The van der Waals surface area contributed by atoms with E-state index in [4.69, 9.17) is 10.7 Å². The molecule has 8 heteroatoms. The summed E-state index contributed by atoms with van der Waals surface area (Å²) in [6.07, 6.45) is 0. The van der Waals surface area contributed by atoms with Crippen LogP contribution in [0.25, 0.3) is 44.9 Å². The third-order valence-electron chi connectivity index (χ3n) is 6.87. The second-order valence-corrected chi connectivity index (χ2v) is 10.5. The maximum Gasteiger partial charge on any atom is 0.276 e. The Morgan fingerprint density at radius 2 is 1.44 bits per heavy atom. The van der Waals surface area contributed by atoms with E-state index in [1.807, 2.05) is 85.4 Å². The minimum atomic E-state index is -0.0917. The molecule has 0 saturated carbocycles. The summed E-state index contributed by atoms with van der Waals surface area (Å²) in [6, 6.07) is 30.0. The van der Waals surface area contributed by atoms with Crippen LogP contribution in [0.3, 0.4) is 0 Å². The van der Waals surface area contributed by atoms with E-state index in [0.29, 0.717) is 22.2 Å². The Morgan fingerprint density at radius 1 is 0.846 bits per heavy atom. The zero-order valence-electron chi connectivity index (χ0n) is 22.0. The Morgan fingerprint density at radius 3 is 2.05 bits per heavy atom. The highest BCUT2D eigenvalue weighted by atomic mass is 32.2. The standard InChI is InChI=1S/C31H28N6OS/c1-4-39-31-33-27(32)25-24(21-14-8-5-9-15-21)26(22-16-10-6-11-17-22)36(28(25)34-31)29-20(2)30(38)37(35(29)3)23-18-12-7-13-19-23/h5-19H,4H2,1-3H3,(H2,32,33,34). The number of anilines is 1. The summed E-state index contributed by atoms with van der Waals surface area (Å²) in [7, 11) is 1.91. The fourth-order valence-electron chi connectivity index (χ4n) is 5.24. The van der Waals surface area contributed by atoms with Crippen LogP contribution in [0.1, 0.15) is 12.5 Å². The second kappa shape index (κ2) is 9.96. The van der Waals surface area contributed by atoms with E-state index in [1.165, 1.54) is 11.8 Å². The lowest BCUT2D eigenvalue weighted by Crippen LogP contribution is -2.20. The Labute approximate surface area is 230 Å². The number of nitrogens with two attached hydrogens (primary N) is 1. The third-order valence-corrected chi connectivity index (χ3v) is 7.60. The highest BCUT2D eigenvalue weighted by molar-refractivity contribution is 7.99. The molecule has 194 valence electrons. The molecule has 2 N–H and O–H groups in total. The fourth-order valence-corrected chi connectivity index (χ4v) is 5.81. The Kier molecular flexibility index (Phi) is 6.32. The van der Waals surface area contributed by atoms with Crippen molar-refractivity contribution in [2.75, 3.05) is 11.5 Å². The molecule has 39 heavy (non-hydrogen) atoms. The van der Waals surface area contributed by atoms with Gasteiger partial charge in [0.1, 0.15) is 11.6 Å². The van der Waals surface area contributed by atoms with Crippen LogP contribution < -0.4 is 11.3 Å². The van der Waals surface area contributed by atoms with Gasteiger partial charge in [-0.2, -0.15) is 0 Å². The zero-order valence-corrected chi connectivity index (χ0v) is 22.8. The second-order valence-electron chi connectivity index (χ2n) is 9.24. The first-order chi connectivity index (χ1) is 19.0. The van der Waals surface area contributed by atoms with Gasteiger partial charge < -0.3 is 5.73 Å². The first-order valence-corrected chi connectivity index (χ1v) is 13.8. The number of nitrogens with zero attached hydrogens (tertiary/aromatic N) is 5. The van der Waals surface area contributed by atoms with Crippen LogP contribution in [0, 0.1) is 6.92 Å². The number of nitrogen functional groups attached to an aromatic ring is 1. The molecule has 3 aromatic heterocycles. The summed E-state index contributed by atoms with van der Waals surface area (Å²) in [6.45, 7) is 3.93. The Hall–Kier alpha value is -4.56. The maximum atomic E-state index is 13.7. The van der Waals surface area contributed by atoms with Gasteiger partial charge in [-0.25, -0.2) is 14.6 Å². The van der Waals surface area contributed by atoms with Gasteiger partial charge in [-0.3, -0.25) is 14.0 Å². The van der Waals surface area contributed by atoms with Crippen molar-refractivity contribution >= 4 is 28.6 Å². The number of rotatable bonds is 6. The highest BCUT2D eigenvalue weighted by Gasteiger charge is 2.29. The van der Waals surface area contributed by atoms with Gasteiger partial charge in [0.05, 0.1) is 22.3 Å².